The van der Waals surface area contributed by atoms with Gasteiger partial charge in [-0.2, -0.15) is 0 Å². The molecule has 1 saturated heterocycles. The molecule has 8 nitrogen and oxygen atoms in total. The monoisotopic (exact) mass is 610 g/mol. The fraction of sp³-hybridized carbons (Fsp3) is 0.179. The second kappa shape index (κ2) is 10.5. The Hall–Kier alpha value is -3.44. The Labute approximate surface area is 246 Å². The van der Waals surface area contributed by atoms with Crippen molar-refractivity contribution in [1.29, 1.82) is 0 Å². The summed E-state index contributed by atoms with van der Waals surface area (Å²) in [7, 11) is 0. The van der Waals surface area contributed by atoms with E-state index in [0.29, 0.717) is 26.3 Å². The first-order chi connectivity index (χ1) is 19.2. The van der Waals surface area contributed by atoms with Gasteiger partial charge < -0.3 is 5.32 Å². The van der Waals surface area contributed by atoms with Gasteiger partial charge in [0.25, 0.3) is 0 Å². The number of thiazole rings is 1. The molecule has 0 saturated carbocycles. The van der Waals surface area contributed by atoms with Crippen molar-refractivity contribution >= 4 is 75.4 Å². The smallest absolute Gasteiger partial charge is 0.308 e. The third-order valence-electron chi connectivity index (χ3n) is 6.89. The SMILES string of the molecule is Cc1ccc(N2C(=O)C3Sc4c(sc(=O)n4CC(=O)Nc4ccc(Cl)c(Cl)c4)[C@H](c4cccnc4)C3C2=O)cc1. The Morgan fingerprint density at radius 3 is 2.50 bits per heavy atom. The third kappa shape index (κ3) is 4.64. The van der Waals surface area contributed by atoms with E-state index in [-0.39, 0.29) is 28.3 Å². The minimum absolute atomic E-state index is 0.279. The summed E-state index contributed by atoms with van der Waals surface area (Å²) in [4.78, 5) is 59.6. The number of amides is 3. The topological polar surface area (TPSA) is 101 Å². The van der Waals surface area contributed by atoms with Gasteiger partial charge in [-0.3, -0.25) is 28.7 Å². The number of fused-ring (bicyclic) bond motifs is 2. The lowest BCUT2D eigenvalue weighted by Crippen LogP contribution is -2.33. The highest BCUT2D eigenvalue weighted by atomic mass is 35.5. The molecule has 3 amide bonds. The van der Waals surface area contributed by atoms with Gasteiger partial charge in [-0.25, -0.2) is 4.90 Å². The van der Waals surface area contributed by atoms with Crippen LogP contribution in [0.5, 0.6) is 0 Å². The molecule has 1 fully saturated rings. The molecule has 4 heterocycles. The minimum atomic E-state index is -0.773. The normalized spacial score (nSPS) is 19.9. The highest BCUT2D eigenvalue weighted by Crippen LogP contribution is 2.53. The van der Waals surface area contributed by atoms with E-state index in [1.54, 1.807) is 42.7 Å². The lowest BCUT2D eigenvalue weighted by molar-refractivity contribution is -0.122. The maximum absolute atomic E-state index is 13.9. The zero-order chi connectivity index (χ0) is 28.1. The van der Waals surface area contributed by atoms with Crippen LogP contribution in [0.4, 0.5) is 11.4 Å². The van der Waals surface area contributed by atoms with Crippen LogP contribution in [-0.4, -0.2) is 32.5 Å². The number of anilines is 2. The first-order valence-electron chi connectivity index (χ1n) is 12.2. The van der Waals surface area contributed by atoms with Crippen LogP contribution >= 0.6 is 46.3 Å². The Morgan fingerprint density at radius 2 is 1.80 bits per heavy atom. The van der Waals surface area contributed by atoms with Crippen molar-refractivity contribution in [1.82, 2.24) is 9.55 Å². The predicted molar refractivity (Wildman–Crippen MR) is 157 cm³/mol. The molecule has 2 aromatic heterocycles. The van der Waals surface area contributed by atoms with E-state index in [0.717, 1.165) is 34.2 Å². The molecule has 4 aromatic rings. The molecule has 2 aliphatic heterocycles. The van der Waals surface area contributed by atoms with Crippen LogP contribution in [-0.2, 0) is 20.9 Å². The molecule has 1 N–H and O–H groups in total. The number of carbonyl (C=O) groups excluding carboxylic acids is 3. The number of benzene rings is 2. The van der Waals surface area contributed by atoms with Crippen molar-refractivity contribution in [2.24, 2.45) is 5.92 Å². The van der Waals surface area contributed by atoms with E-state index in [4.69, 9.17) is 23.2 Å². The Bertz CT molecular complexity index is 1720. The highest BCUT2D eigenvalue weighted by molar-refractivity contribution is 8.00. The molecule has 3 atom stereocenters. The number of halogens is 2. The number of nitrogens with one attached hydrogen (secondary N) is 1. The van der Waals surface area contributed by atoms with Crippen molar-refractivity contribution in [3.05, 3.63) is 103 Å². The number of aromatic nitrogens is 2. The van der Waals surface area contributed by atoms with Crippen LogP contribution in [0.25, 0.3) is 0 Å². The molecule has 2 aromatic carbocycles. The summed E-state index contributed by atoms with van der Waals surface area (Å²) in [6.07, 6.45) is 3.28. The van der Waals surface area contributed by atoms with Crippen LogP contribution in [0, 0.1) is 12.8 Å². The van der Waals surface area contributed by atoms with Crippen LogP contribution in [0.3, 0.4) is 0 Å². The Morgan fingerprint density at radius 1 is 1.02 bits per heavy atom. The lowest BCUT2D eigenvalue weighted by Gasteiger charge is -2.30. The number of rotatable bonds is 5. The van der Waals surface area contributed by atoms with Gasteiger partial charge >= 0.3 is 4.87 Å². The number of thioether (sulfide) groups is 1. The summed E-state index contributed by atoms with van der Waals surface area (Å²) >= 11 is 14.2. The molecule has 0 radical (unpaired) electrons. The first-order valence-corrected chi connectivity index (χ1v) is 14.7. The fourth-order valence-electron chi connectivity index (χ4n) is 5.04. The average molecular weight is 612 g/mol. The number of hydrogen-bond acceptors (Lipinski definition) is 7. The summed E-state index contributed by atoms with van der Waals surface area (Å²) in [5, 5.41) is 3.10. The number of carbonyl (C=O) groups is 3. The molecular weight excluding hydrogens is 591 g/mol. The van der Waals surface area contributed by atoms with E-state index in [1.807, 2.05) is 25.1 Å². The van der Waals surface area contributed by atoms with Gasteiger partial charge in [-0.1, -0.05) is 70.1 Å². The zero-order valence-electron chi connectivity index (χ0n) is 20.8. The third-order valence-corrected chi connectivity index (χ3v) is 10.2. The van der Waals surface area contributed by atoms with Gasteiger partial charge in [0.15, 0.2) is 0 Å². The van der Waals surface area contributed by atoms with Crippen molar-refractivity contribution in [2.75, 3.05) is 10.2 Å². The molecule has 0 aliphatic carbocycles. The molecule has 0 spiro atoms. The second-order valence-corrected chi connectivity index (χ2v) is 12.4. The average Bonchev–Trinajstić information content (AvgIpc) is 3.38. The van der Waals surface area contributed by atoms with E-state index in [2.05, 4.69) is 10.3 Å². The molecule has 2 aliphatic rings. The molecule has 12 heteroatoms. The maximum atomic E-state index is 13.9. The summed E-state index contributed by atoms with van der Waals surface area (Å²) in [5.74, 6) is -2.42. The molecule has 40 heavy (non-hydrogen) atoms. The van der Waals surface area contributed by atoms with Crippen LogP contribution in [0.2, 0.25) is 10.0 Å². The number of imide groups is 1. The molecular formula is C28H20Cl2N4O4S2. The van der Waals surface area contributed by atoms with Crippen LogP contribution in [0.15, 0.2) is 76.8 Å². The number of hydrogen-bond donors (Lipinski definition) is 1. The van der Waals surface area contributed by atoms with Crippen LogP contribution < -0.4 is 15.1 Å². The summed E-state index contributed by atoms with van der Waals surface area (Å²) in [5.41, 5.74) is 2.66. The molecule has 202 valence electrons. The molecule has 0 bridgehead atoms. The summed E-state index contributed by atoms with van der Waals surface area (Å²) < 4.78 is 1.36. The van der Waals surface area contributed by atoms with E-state index < -0.39 is 23.0 Å². The number of nitrogens with zero attached hydrogens (tertiary/aromatic N) is 3. The quantitative estimate of drug-likeness (QED) is 0.305. The number of aryl methyl sites for hydroxylation is 1. The number of pyridine rings is 1. The fourth-order valence-corrected chi connectivity index (χ4v) is 8.11. The Balaban J connectivity index is 1.39. The van der Waals surface area contributed by atoms with Crippen LogP contribution in [0.1, 0.15) is 21.9 Å². The van der Waals surface area contributed by atoms with Gasteiger partial charge in [0, 0.05) is 28.9 Å². The van der Waals surface area contributed by atoms with Gasteiger partial charge in [0.2, 0.25) is 17.7 Å². The van der Waals surface area contributed by atoms with Crippen molar-refractivity contribution in [2.45, 2.75) is 29.7 Å². The predicted octanol–water partition coefficient (Wildman–Crippen LogP) is 5.35. The van der Waals surface area contributed by atoms with E-state index >= 15 is 0 Å². The van der Waals surface area contributed by atoms with Gasteiger partial charge in [0.1, 0.15) is 11.8 Å². The lowest BCUT2D eigenvalue weighted by atomic mass is 9.84. The second-order valence-electron chi connectivity index (χ2n) is 9.48. The highest BCUT2D eigenvalue weighted by Gasteiger charge is 2.56. The largest absolute Gasteiger partial charge is 0.324 e. The minimum Gasteiger partial charge on any atom is -0.324 e. The van der Waals surface area contributed by atoms with Gasteiger partial charge in [0.05, 0.1) is 26.7 Å². The molecule has 2 unspecified atom stereocenters. The summed E-state index contributed by atoms with van der Waals surface area (Å²) in [6.45, 7) is 1.65. The zero-order valence-corrected chi connectivity index (χ0v) is 24.0. The van der Waals surface area contributed by atoms with Crippen molar-refractivity contribution in [3.8, 4) is 0 Å². The van der Waals surface area contributed by atoms with Gasteiger partial charge in [-0.15, -0.1) is 0 Å². The Kier molecular flexibility index (Phi) is 7.03. The van der Waals surface area contributed by atoms with E-state index in [1.165, 1.54) is 15.5 Å². The van der Waals surface area contributed by atoms with Gasteiger partial charge in [-0.05, 0) is 48.9 Å². The molecule has 6 rings (SSSR count). The van der Waals surface area contributed by atoms with Crippen molar-refractivity contribution < 1.29 is 14.4 Å². The van der Waals surface area contributed by atoms with E-state index in [9.17, 15) is 19.2 Å². The first kappa shape index (κ1) is 26.8. The van der Waals surface area contributed by atoms with Crippen molar-refractivity contribution in [3.63, 3.8) is 0 Å². The standard InChI is InChI=1S/C28H20Cl2N4O4S2/c1-14-4-7-17(8-5-14)34-25(36)22-21(15-3-2-10-31-12-15)24-27(39-23(22)26(34)37)33(28(38)40-24)13-20(35)32-16-6-9-18(29)19(30)11-16/h2-12,21-23H,13H2,1H3,(H,32,35)/t21-,22?,23?/m1/s1. The summed E-state index contributed by atoms with van der Waals surface area (Å²) in [6, 6.07) is 15.5. The maximum Gasteiger partial charge on any atom is 0.308 e.